The summed E-state index contributed by atoms with van der Waals surface area (Å²) >= 11 is 6.02. The summed E-state index contributed by atoms with van der Waals surface area (Å²) in [6.45, 7) is 2.17. The molecular formula is C14H19ClO2. The Bertz CT molecular complexity index is 405. The highest BCUT2D eigenvalue weighted by Gasteiger charge is 2.39. The summed E-state index contributed by atoms with van der Waals surface area (Å²) in [5.74, 6) is 1.33. The first-order chi connectivity index (χ1) is 8.09. The summed E-state index contributed by atoms with van der Waals surface area (Å²) in [6.07, 6.45) is 3.79. The van der Waals surface area contributed by atoms with Gasteiger partial charge in [-0.3, -0.25) is 0 Å². The van der Waals surface area contributed by atoms with Crippen LogP contribution >= 0.6 is 11.6 Å². The van der Waals surface area contributed by atoms with Gasteiger partial charge < -0.3 is 9.84 Å². The Labute approximate surface area is 108 Å². The van der Waals surface area contributed by atoms with Crippen LogP contribution < -0.4 is 4.74 Å². The Hall–Kier alpha value is -0.730. The Kier molecular flexibility index (Phi) is 3.64. The molecule has 3 heteroatoms. The zero-order chi connectivity index (χ0) is 12.5. The maximum absolute atomic E-state index is 10.8. The Morgan fingerprint density at radius 3 is 2.88 bits per heavy atom. The lowest BCUT2D eigenvalue weighted by molar-refractivity contribution is 0.0374. The lowest BCUT2D eigenvalue weighted by Crippen LogP contribution is -2.22. The van der Waals surface area contributed by atoms with Gasteiger partial charge in [0.1, 0.15) is 5.75 Å². The van der Waals surface area contributed by atoms with Gasteiger partial charge in [0.15, 0.2) is 0 Å². The van der Waals surface area contributed by atoms with E-state index in [0.29, 0.717) is 10.9 Å². The van der Waals surface area contributed by atoms with E-state index < -0.39 is 5.60 Å². The number of rotatable bonds is 3. The van der Waals surface area contributed by atoms with Crippen molar-refractivity contribution in [3.8, 4) is 5.75 Å². The van der Waals surface area contributed by atoms with Crippen molar-refractivity contribution in [1.29, 1.82) is 0 Å². The van der Waals surface area contributed by atoms with Crippen LogP contribution in [0.5, 0.6) is 5.75 Å². The third-order valence-corrected chi connectivity index (χ3v) is 4.07. The predicted molar refractivity (Wildman–Crippen MR) is 69.5 cm³/mol. The first-order valence-corrected chi connectivity index (χ1v) is 6.53. The molecule has 0 saturated heterocycles. The first-order valence-electron chi connectivity index (χ1n) is 6.15. The number of aliphatic hydroxyl groups is 1. The van der Waals surface area contributed by atoms with E-state index in [4.69, 9.17) is 16.3 Å². The fourth-order valence-corrected chi connectivity index (χ4v) is 2.93. The van der Waals surface area contributed by atoms with Gasteiger partial charge in [-0.05, 0) is 43.4 Å². The van der Waals surface area contributed by atoms with E-state index in [1.54, 1.807) is 13.2 Å². The van der Waals surface area contributed by atoms with Crippen LogP contribution in [-0.2, 0) is 5.60 Å². The van der Waals surface area contributed by atoms with Crippen molar-refractivity contribution in [1.82, 2.24) is 0 Å². The maximum atomic E-state index is 10.8. The number of benzene rings is 1. The number of hydrogen-bond acceptors (Lipinski definition) is 2. The van der Waals surface area contributed by atoms with Gasteiger partial charge in [0.25, 0.3) is 0 Å². The molecule has 17 heavy (non-hydrogen) atoms. The van der Waals surface area contributed by atoms with Gasteiger partial charge in [-0.2, -0.15) is 0 Å². The number of methoxy groups -OCH3 is 1. The van der Waals surface area contributed by atoms with Crippen LogP contribution in [-0.4, -0.2) is 12.2 Å². The smallest absolute Gasteiger partial charge is 0.125 e. The molecule has 94 valence electrons. The highest BCUT2D eigenvalue weighted by atomic mass is 35.5. The summed E-state index contributed by atoms with van der Waals surface area (Å²) in [4.78, 5) is 0. The monoisotopic (exact) mass is 254 g/mol. The van der Waals surface area contributed by atoms with Crippen LogP contribution in [0.4, 0.5) is 0 Å². The fraction of sp³-hybridized carbons (Fsp3) is 0.571. The van der Waals surface area contributed by atoms with Gasteiger partial charge in [0, 0.05) is 10.6 Å². The van der Waals surface area contributed by atoms with E-state index in [-0.39, 0.29) is 0 Å². The highest BCUT2D eigenvalue weighted by molar-refractivity contribution is 6.30. The second-order valence-electron chi connectivity index (χ2n) is 4.89. The normalized spacial score (nSPS) is 28.4. The zero-order valence-electron chi connectivity index (χ0n) is 10.4. The van der Waals surface area contributed by atoms with Crippen molar-refractivity contribution in [2.45, 2.75) is 38.2 Å². The van der Waals surface area contributed by atoms with Gasteiger partial charge >= 0.3 is 0 Å². The second kappa shape index (κ2) is 4.87. The summed E-state index contributed by atoms with van der Waals surface area (Å²) in [7, 11) is 1.63. The van der Waals surface area contributed by atoms with E-state index in [1.807, 2.05) is 12.1 Å². The molecule has 0 aromatic heterocycles. The quantitative estimate of drug-likeness (QED) is 0.890. The van der Waals surface area contributed by atoms with E-state index >= 15 is 0 Å². The molecule has 2 unspecified atom stereocenters. The van der Waals surface area contributed by atoms with E-state index in [1.165, 1.54) is 0 Å². The molecule has 1 fully saturated rings. The summed E-state index contributed by atoms with van der Waals surface area (Å²) in [5, 5.41) is 11.4. The molecule has 0 heterocycles. The predicted octanol–water partition coefficient (Wildman–Crippen LogP) is 3.75. The molecule has 0 aliphatic heterocycles. The molecule has 2 atom stereocenters. The lowest BCUT2D eigenvalue weighted by atomic mass is 9.90. The van der Waals surface area contributed by atoms with Crippen LogP contribution in [0.2, 0.25) is 5.02 Å². The van der Waals surface area contributed by atoms with Gasteiger partial charge in [0.05, 0.1) is 12.7 Å². The molecule has 1 aliphatic carbocycles. The van der Waals surface area contributed by atoms with Crippen molar-refractivity contribution in [3.63, 3.8) is 0 Å². The topological polar surface area (TPSA) is 29.5 Å². The van der Waals surface area contributed by atoms with E-state index in [9.17, 15) is 5.11 Å². The number of halogens is 1. The minimum absolute atomic E-state index is 0.601. The fourth-order valence-electron chi connectivity index (χ4n) is 2.76. The summed E-state index contributed by atoms with van der Waals surface area (Å²) in [5.41, 5.74) is 0.0696. The summed E-state index contributed by atoms with van der Waals surface area (Å²) < 4.78 is 5.33. The molecule has 0 spiro atoms. The molecular weight excluding hydrogens is 236 g/mol. The standard InChI is InChI=1S/C14H19ClO2/c1-3-10-6-7-14(16,9-10)12-8-11(15)4-5-13(12)17-2/h4-5,8,10,16H,3,6-7,9H2,1-2H3. The van der Waals surface area contributed by atoms with Crippen molar-refractivity contribution in [2.24, 2.45) is 5.92 Å². The van der Waals surface area contributed by atoms with Crippen LogP contribution in [0.25, 0.3) is 0 Å². The van der Waals surface area contributed by atoms with Crippen LogP contribution in [0.3, 0.4) is 0 Å². The Balaban J connectivity index is 2.36. The minimum atomic E-state index is -0.767. The number of ether oxygens (including phenoxy) is 1. The van der Waals surface area contributed by atoms with E-state index in [2.05, 4.69) is 6.92 Å². The molecule has 2 rings (SSSR count). The van der Waals surface area contributed by atoms with Crippen LogP contribution in [0, 0.1) is 5.92 Å². The van der Waals surface area contributed by atoms with Gasteiger partial charge in [-0.25, -0.2) is 0 Å². The van der Waals surface area contributed by atoms with E-state index in [0.717, 1.165) is 37.0 Å². The first kappa shape index (κ1) is 12.7. The average molecular weight is 255 g/mol. The molecule has 0 amide bonds. The summed E-state index contributed by atoms with van der Waals surface area (Å²) in [6, 6.07) is 5.45. The lowest BCUT2D eigenvalue weighted by Gasteiger charge is -2.25. The third-order valence-electron chi connectivity index (χ3n) is 3.83. The SMILES string of the molecule is CCC1CCC(O)(c2cc(Cl)ccc2OC)C1. The second-order valence-corrected chi connectivity index (χ2v) is 5.33. The van der Waals surface area contributed by atoms with Crippen molar-refractivity contribution < 1.29 is 9.84 Å². The molecule has 1 saturated carbocycles. The van der Waals surface area contributed by atoms with Crippen molar-refractivity contribution in [3.05, 3.63) is 28.8 Å². The van der Waals surface area contributed by atoms with Crippen molar-refractivity contribution in [2.75, 3.05) is 7.11 Å². The van der Waals surface area contributed by atoms with Crippen molar-refractivity contribution >= 4 is 11.6 Å². The molecule has 0 bridgehead atoms. The maximum Gasteiger partial charge on any atom is 0.125 e. The van der Waals surface area contributed by atoms with Gasteiger partial charge in [-0.1, -0.05) is 24.9 Å². The average Bonchev–Trinajstić information content (AvgIpc) is 2.72. The van der Waals surface area contributed by atoms with Gasteiger partial charge in [-0.15, -0.1) is 0 Å². The minimum Gasteiger partial charge on any atom is -0.496 e. The molecule has 0 radical (unpaired) electrons. The molecule has 1 N–H and O–H groups in total. The largest absolute Gasteiger partial charge is 0.496 e. The zero-order valence-corrected chi connectivity index (χ0v) is 11.1. The van der Waals surface area contributed by atoms with Gasteiger partial charge in [0.2, 0.25) is 0 Å². The Morgan fingerprint density at radius 2 is 2.29 bits per heavy atom. The molecule has 1 aromatic rings. The third kappa shape index (κ3) is 2.43. The number of hydrogen-bond donors (Lipinski definition) is 1. The van der Waals surface area contributed by atoms with Crippen LogP contribution in [0.1, 0.15) is 38.2 Å². The van der Waals surface area contributed by atoms with Crippen LogP contribution in [0.15, 0.2) is 18.2 Å². The molecule has 1 aromatic carbocycles. The molecule has 1 aliphatic rings. The Morgan fingerprint density at radius 1 is 1.53 bits per heavy atom. The molecule has 2 nitrogen and oxygen atoms in total. The highest BCUT2D eigenvalue weighted by Crippen LogP contribution is 2.46.